The van der Waals surface area contributed by atoms with Crippen molar-refractivity contribution in [2.24, 2.45) is 0 Å². The fourth-order valence-corrected chi connectivity index (χ4v) is 4.16. The number of hydrogen-bond acceptors (Lipinski definition) is 4. The molecule has 27 heavy (non-hydrogen) atoms. The number of rotatable bonds is 6. The van der Waals surface area contributed by atoms with Crippen molar-refractivity contribution in [2.45, 2.75) is 18.2 Å². The van der Waals surface area contributed by atoms with Crippen molar-refractivity contribution in [2.75, 3.05) is 13.7 Å². The summed E-state index contributed by atoms with van der Waals surface area (Å²) in [5.41, 5.74) is 1.33. The van der Waals surface area contributed by atoms with Crippen LogP contribution in [-0.2, 0) is 14.8 Å². The number of benzene rings is 3. The van der Waals surface area contributed by atoms with Crippen LogP contribution < -0.4 is 4.72 Å². The van der Waals surface area contributed by atoms with Gasteiger partial charge in [-0.2, -0.15) is 0 Å². The maximum atomic E-state index is 12.8. The van der Waals surface area contributed by atoms with Gasteiger partial charge in [-0.1, -0.05) is 61.5 Å². The smallest absolute Gasteiger partial charge is 0.338 e. The molecule has 0 heterocycles. The van der Waals surface area contributed by atoms with Gasteiger partial charge in [0.1, 0.15) is 0 Å². The fourth-order valence-electron chi connectivity index (χ4n) is 3.02. The maximum absolute atomic E-state index is 12.8. The van der Waals surface area contributed by atoms with Gasteiger partial charge in [-0.3, -0.25) is 0 Å². The van der Waals surface area contributed by atoms with E-state index in [2.05, 4.69) is 4.72 Å². The molecule has 0 aromatic heterocycles. The average molecular weight is 383 g/mol. The molecular weight excluding hydrogens is 362 g/mol. The Balaban J connectivity index is 2.31. The summed E-state index contributed by atoms with van der Waals surface area (Å²) < 4.78 is 33.3. The van der Waals surface area contributed by atoms with Gasteiger partial charge < -0.3 is 4.74 Å². The van der Waals surface area contributed by atoms with E-state index in [-0.39, 0.29) is 4.90 Å². The number of esters is 1. The monoisotopic (exact) mass is 383 g/mol. The highest BCUT2D eigenvalue weighted by Gasteiger charge is 2.24. The lowest BCUT2D eigenvalue weighted by molar-refractivity contribution is 0.0506. The van der Waals surface area contributed by atoms with Gasteiger partial charge in [0.15, 0.2) is 0 Å². The molecule has 0 aliphatic rings. The first kappa shape index (κ1) is 19.1. The Labute approximate surface area is 159 Å². The number of fused-ring (bicyclic) bond motifs is 1. The van der Waals surface area contributed by atoms with Crippen LogP contribution in [-0.4, -0.2) is 28.0 Å². The van der Waals surface area contributed by atoms with Crippen molar-refractivity contribution in [1.29, 1.82) is 0 Å². The minimum atomic E-state index is -3.77. The lowest BCUT2D eigenvalue weighted by Gasteiger charge is -2.16. The second-order valence-electron chi connectivity index (χ2n) is 6.05. The molecule has 1 N–H and O–H groups in total. The van der Waals surface area contributed by atoms with Crippen LogP contribution in [0.2, 0.25) is 0 Å². The Morgan fingerprint density at radius 1 is 0.963 bits per heavy atom. The third kappa shape index (κ3) is 3.72. The van der Waals surface area contributed by atoms with Gasteiger partial charge in [0.05, 0.1) is 17.1 Å². The number of ether oxygens (including phenoxy) is 1. The van der Waals surface area contributed by atoms with Crippen molar-refractivity contribution in [3.63, 3.8) is 0 Å². The first-order valence-corrected chi connectivity index (χ1v) is 10.2. The van der Waals surface area contributed by atoms with Crippen LogP contribution in [0, 0.1) is 0 Å². The first-order valence-electron chi connectivity index (χ1n) is 8.71. The molecular formula is C21H21NO4S. The second kappa shape index (κ2) is 7.90. The van der Waals surface area contributed by atoms with E-state index < -0.39 is 16.0 Å². The van der Waals surface area contributed by atoms with Gasteiger partial charge in [-0.05, 0) is 30.5 Å². The van der Waals surface area contributed by atoms with Gasteiger partial charge in [0, 0.05) is 10.9 Å². The molecule has 3 rings (SSSR count). The molecule has 0 radical (unpaired) electrons. The van der Waals surface area contributed by atoms with Crippen LogP contribution in [0.1, 0.15) is 23.7 Å². The fraction of sp³-hybridized carbons (Fsp3) is 0.190. The van der Waals surface area contributed by atoms with E-state index in [1.54, 1.807) is 42.5 Å². The molecule has 0 saturated carbocycles. The molecule has 6 heteroatoms. The molecule has 5 nitrogen and oxygen atoms in total. The van der Waals surface area contributed by atoms with E-state index in [1.807, 2.05) is 25.1 Å². The highest BCUT2D eigenvalue weighted by molar-refractivity contribution is 7.89. The minimum Gasteiger partial charge on any atom is -0.462 e. The summed E-state index contributed by atoms with van der Waals surface area (Å²) in [6, 6.07) is 17.8. The number of nitrogens with one attached hydrogen (secondary N) is 1. The largest absolute Gasteiger partial charge is 0.462 e. The summed E-state index contributed by atoms with van der Waals surface area (Å²) in [5, 5.41) is 1.40. The summed E-state index contributed by atoms with van der Waals surface area (Å²) in [4.78, 5) is 12.7. The molecule has 0 spiro atoms. The van der Waals surface area contributed by atoms with E-state index in [0.29, 0.717) is 35.1 Å². The number of hydrogen-bond donors (Lipinski definition) is 1. The molecule has 0 saturated heterocycles. The van der Waals surface area contributed by atoms with Crippen molar-refractivity contribution in [3.8, 4) is 11.1 Å². The lowest BCUT2D eigenvalue weighted by Crippen LogP contribution is -2.20. The topological polar surface area (TPSA) is 72.5 Å². The van der Waals surface area contributed by atoms with Crippen molar-refractivity contribution in [3.05, 3.63) is 66.2 Å². The first-order chi connectivity index (χ1) is 13.0. The number of carbonyl (C=O) groups is 1. The predicted octanol–water partition coefficient (Wildman–Crippen LogP) is 3.98. The van der Waals surface area contributed by atoms with Gasteiger partial charge in [0.2, 0.25) is 10.0 Å². The van der Waals surface area contributed by atoms with Crippen LogP contribution in [0.15, 0.2) is 65.6 Å². The van der Waals surface area contributed by atoms with E-state index in [0.717, 1.165) is 5.39 Å². The van der Waals surface area contributed by atoms with Crippen LogP contribution in [0.25, 0.3) is 21.9 Å². The molecule has 140 valence electrons. The Morgan fingerprint density at radius 2 is 1.67 bits per heavy atom. The molecule has 0 fully saturated rings. The zero-order valence-electron chi connectivity index (χ0n) is 15.2. The molecule has 0 amide bonds. The Hall–Kier alpha value is -2.70. The summed E-state index contributed by atoms with van der Waals surface area (Å²) in [5.74, 6) is -0.464. The zero-order chi connectivity index (χ0) is 19.4. The SMILES string of the molecule is CCCOC(=O)c1ccccc1-c1ccc2ccccc2c1S(=O)(=O)NC. The quantitative estimate of drug-likeness (QED) is 0.654. The molecule has 0 atom stereocenters. The summed E-state index contributed by atoms with van der Waals surface area (Å²) in [7, 11) is -2.39. The third-order valence-corrected chi connectivity index (χ3v) is 5.81. The third-order valence-electron chi connectivity index (χ3n) is 4.29. The van der Waals surface area contributed by atoms with Crippen molar-refractivity contribution < 1.29 is 17.9 Å². The van der Waals surface area contributed by atoms with E-state index in [4.69, 9.17) is 4.74 Å². The van der Waals surface area contributed by atoms with Crippen LogP contribution in [0.5, 0.6) is 0 Å². The normalized spacial score (nSPS) is 11.5. The lowest BCUT2D eigenvalue weighted by atomic mass is 9.97. The second-order valence-corrected chi connectivity index (χ2v) is 7.88. The molecule has 3 aromatic rings. The van der Waals surface area contributed by atoms with Gasteiger partial charge in [-0.25, -0.2) is 17.9 Å². The average Bonchev–Trinajstić information content (AvgIpc) is 2.71. The highest BCUT2D eigenvalue weighted by atomic mass is 32.2. The number of sulfonamides is 1. The summed E-state index contributed by atoms with van der Waals surface area (Å²) in [6.45, 7) is 2.23. The minimum absolute atomic E-state index is 0.152. The van der Waals surface area contributed by atoms with E-state index in [1.165, 1.54) is 7.05 Å². The van der Waals surface area contributed by atoms with Crippen LogP contribution in [0.3, 0.4) is 0 Å². The maximum Gasteiger partial charge on any atom is 0.338 e. The Morgan fingerprint density at radius 3 is 2.41 bits per heavy atom. The Bertz CT molecular complexity index is 1090. The summed E-state index contributed by atoms with van der Waals surface area (Å²) >= 11 is 0. The van der Waals surface area contributed by atoms with E-state index in [9.17, 15) is 13.2 Å². The van der Waals surface area contributed by atoms with Gasteiger partial charge in [-0.15, -0.1) is 0 Å². The molecule has 0 bridgehead atoms. The molecule has 0 aliphatic heterocycles. The number of carbonyl (C=O) groups excluding carboxylic acids is 1. The predicted molar refractivity (Wildman–Crippen MR) is 106 cm³/mol. The molecule has 0 aliphatic carbocycles. The van der Waals surface area contributed by atoms with Crippen LogP contribution in [0.4, 0.5) is 0 Å². The van der Waals surface area contributed by atoms with Crippen molar-refractivity contribution >= 4 is 26.8 Å². The van der Waals surface area contributed by atoms with Gasteiger partial charge in [0.25, 0.3) is 0 Å². The van der Waals surface area contributed by atoms with Crippen molar-refractivity contribution in [1.82, 2.24) is 4.72 Å². The standard InChI is InChI=1S/C21H21NO4S/c1-3-14-26-21(23)19-11-7-6-10-17(19)18-13-12-15-8-4-5-9-16(15)20(18)27(24,25)22-2/h4-13,22H,3,14H2,1-2H3. The Kier molecular flexibility index (Phi) is 5.58. The van der Waals surface area contributed by atoms with E-state index >= 15 is 0 Å². The highest BCUT2D eigenvalue weighted by Crippen LogP contribution is 2.35. The van der Waals surface area contributed by atoms with Gasteiger partial charge >= 0.3 is 5.97 Å². The molecule has 0 unspecified atom stereocenters. The van der Waals surface area contributed by atoms with Crippen LogP contribution >= 0.6 is 0 Å². The summed E-state index contributed by atoms with van der Waals surface area (Å²) in [6.07, 6.45) is 0.712. The zero-order valence-corrected chi connectivity index (χ0v) is 16.0. The molecule has 3 aromatic carbocycles.